The third kappa shape index (κ3) is 7.78. The van der Waals surface area contributed by atoms with Crippen LogP contribution in [0.25, 0.3) is 0 Å². The van der Waals surface area contributed by atoms with Gasteiger partial charge in [0.2, 0.25) is 0 Å². The van der Waals surface area contributed by atoms with E-state index in [1.165, 1.54) is 51.4 Å². The number of hydrogen-bond acceptors (Lipinski definition) is 10. The van der Waals surface area contributed by atoms with Gasteiger partial charge in [-0.3, -0.25) is 14.4 Å². The van der Waals surface area contributed by atoms with Gasteiger partial charge < -0.3 is 29.0 Å². The Morgan fingerprint density at radius 1 is 1.03 bits per heavy atom. The number of carbonyl (C=O) groups excluding carboxylic acids is 5. The van der Waals surface area contributed by atoms with Crippen LogP contribution in [0, 0.1) is 0 Å². The predicted molar refractivity (Wildman–Crippen MR) is 137 cm³/mol. The average Bonchev–Trinajstić information content (AvgIpc) is 3.22. The van der Waals surface area contributed by atoms with Crippen LogP contribution in [-0.4, -0.2) is 67.2 Å². The summed E-state index contributed by atoms with van der Waals surface area (Å²) in [7, 11) is 3.81. The molecule has 1 aliphatic rings. The molecule has 0 spiro atoms. The Bertz CT molecular complexity index is 1210. The first-order valence-electron chi connectivity index (χ1n) is 11.3. The number of esters is 4. The van der Waals surface area contributed by atoms with Crippen LogP contribution < -0.4 is 4.74 Å². The minimum absolute atomic E-state index is 0.00163. The summed E-state index contributed by atoms with van der Waals surface area (Å²) in [5, 5.41) is 9.97. The number of carbonyl (C=O) groups is 5. The molecule has 1 heterocycles. The van der Waals surface area contributed by atoms with E-state index in [1.54, 1.807) is 18.2 Å². The molecule has 0 aliphatic carbocycles. The summed E-state index contributed by atoms with van der Waals surface area (Å²) in [6.45, 7) is 1.51. The topological polar surface area (TPSA) is 146 Å². The average molecular weight is 594 g/mol. The molecule has 204 valence electrons. The van der Waals surface area contributed by atoms with Gasteiger partial charge in [0.1, 0.15) is 17.5 Å². The number of hydrogen-bond donors (Lipinski definition) is 1. The van der Waals surface area contributed by atoms with Crippen molar-refractivity contribution in [1.29, 1.82) is 0 Å². The van der Waals surface area contributed by atoms with E-state index >= 15 is 0 Å². The van der Waals surface area contributed by atoms with Gasteiger partial charge in [-0.2, -0.15) is 0 Å². The van der Waals surface area contributed by atoms with Crippen LogP contribution in [-0.2, 0) is 40.5 Å². The van der Waals surface area contributed by atoms with Gasteiger partial charge in [0.25, 0.3) is 5.91 Å². The van der Waals surface area contributed by atoms with Crippen LogP contribution in [0.4, 0.5) is 0 Å². The van der Waals surface area contributed by atoms with Gasteiger partial charge >= 0.3 is 23.9 Å². The molecule has 2 aromatic carbocycles. The van der Waals surface area contributed by atoms with E-state index in [1.807, 2.05) is 0 Å². The lowest BCUT2D eigenvalue weighted by molar-refractivity contribution is -0.147. The van der Waals surface area contributed by atoms with Crippen LogP contribution in [0.3, 0.4) is 0 Å². The van der Waals surface area contributed by atoms with Crippen LogP contribution >= 0.6 is 15.9 Å². The Morgan fingerprint density at radius 2 is 1.74 bits per heavy atom. The van der Waals surface area contributed by atoms with Gasteiger partial charge in [-0.25, -0.2) is 9.59 Å². The van der Waals surface area contributed by atoms with Crippen molar-refractivity contribution >= 4 is 45.7 Å². The highest BCUT2D eigenvalue weighted by atomic mass is 79.9. The van der Waals surface area contributed by atoms with E-state index in [0.717, 1.165) is 0 Å². The van der Waals surface area contributed by atoms with E-state index in [-0.39, 0.29) is 31.0 Å². The Kier molecular flexibility index (Phi) is 11.3. The summed E-state index contributed by atoms with van der Waals surface area (Å²) in [5.41, 5.74) is 2.24. The highest BCUT2D eigenvalue weighted by Gasteiger charge is 2.37. The van der Waals surface area contributed by atoms with Crippen LogP contribution in [0.1, 0.15) is 51.6 Å². The van der Waals surface area contributed by atoms with Gasteiger partial charge in [-0.05, 0) is 53.9 Å². The molecule has 1 amide bonds. The normalized spacial score (nSPS) is 12.4. The number of alkyl halides is 1. The van der Waals surface area contributed by atoms with Crippen LogP contribution in [0.2, 0.25) is 0 Å². The Labute approximate surface area is 227 Å². The van der Waals surface area contributed by atoms with E-state index in [9.17, 15) is 29.1 Å². The number of aromatic hydroxyl groups is 1. The first-order chi connectivity index (χ1) is 18.1. The van der Waals surface area contributed by atoms with Gasteiger partial charge in [-0.15, -0.1) is 0 Å². The van der Waals surface area contributed by atoms with E-state index in [2.05, 4.69) is 25.4 Å². The van der Waals surface area contributed by atoms with Gasteiger partial charge in [-0.1, -0.05) is 15.9 Å². The predicted octanol–water partition coefficient (Wildman–Crippen LogP) is 3.14. The summed E-state index contributed by atoms with van der Waals surface area (Å²) in [5.74, 6) is -1.72. The first-order valence-corrected chi connectivity index (χ1v) is 12.4. The molecule has 1 unspecified atom stereocenters. The second-order valence-corrected chi connectivity index (χ2v) is 8.53. The zero-order chi connectivity index (χ0) is 28.4. The number of halogens is 1. The lowest BCUT2D eigenvalue weighted by Gasteiger charge is -2.25. The first kappa shape index (κ1) is 30.3. The summed E-state index contributed by atoms with van der Waals surface area (Å²) < 4.78 is 18.8. The molecular formula is C26H28BrNO10. The summed E-state index contributed by atoms with van der Waals surface area (Å²) in [6, 6.07) is 8.31. The third-order valence-electron chi connectivity index (χ3n) is 5.51. The van der Waals surface area contributed by atoms with E-state index in [4.69, 9.17) is 9.47 Å². The molecule has 1 aliphatic heterocycles. The highest BCUT2D eigenvalue weighted by molar-refractivity contribution is 9.08. The second kappa shape index (κ2) is 14.1. The van der Waals surface area contributed by atoms with Crippen molar-refractivity contribution in [3.63, 3.8) is 0 Å². The number of nitrogens with zero attached hydrogens (tertiary/aromatic N) is 1. The minimum atomic E-state index is -0.869. The standard InChI is InChI=1S/C15H17NO6.C11H11BrO4/c1-21-13(18)6-5-12(15(20)22-2)16-8-9-7-10(17)3-4-11(9)14(16)19;1-7(13)16-9-3-4-10(11(14)15-2)8(5-9)6-12/h3-4,7,12,17H,5-6,8H2,1-2H3;3-5H,6H2,1-2H3. The molecule has 11 nitrogen and oxygen atoms in total. The van der Waals surface area contributed by atoms with Gasteiger partial charge in [0, 0.05) is 30.8 Å². The molecule has 0 radical (unpaired) electrons. The Morgan fingerprint density at radius 3 is 2.32 bits per heavy atom. The summed E-state index contributed by atoms with van der Waals surface area (Å²) in [4.78, 5) is 59.1. The van der Waals surface area contributed by atoms with Crippen LogP contribution in [0.15, 0.2) is 36.4 Å². The van der Waals surface area contributed by atoms with Crippen molar-refractivity contribution in [3.8, 4) is 11.5 Å². The lowest BCUT2D eigenvalue weighted by Crippen LogP contribution is -2.42. The number of rotatable bonds is 8. The molecule has 38 heavy (non-hydrogen) atoms. The lowest BCUT2D eigenvalue weighted by atomic mass is 10.1. The number of fused-ring (bicyclic) bond motifs is 1. The number of methoxy groups -OCH3 is 3. The highest BCUT2D eigenvalue weighted by Crippen LogP contribution is 2.29. The maximum atomic E-state index is 12.4. The number of phenolic OH excluding ortho intramolecular Hbond substituents is 1. The molecule has 12 heteroatoms. The van der Waals surface area contributed by atoms with E-state index < -0.39 is 29.9 Å². The molecule has 0 aromatic heterocycles. The number of amides is 1. The van der Waals surface area contributed by atoms with Crippen molar-refractivity contribution in [2.75, 3.05) is 21.3 Å². The van der Waals surface area contributed by atoms with Crippen molar-refractivity contribution in [3.05, 3.63) is 58.7 Å². The summed E-state index contributed by atoms with van der Waals surface area (Å²) in [6.07, 6.45) is 0.118. The quantitative estimate of drug-likeness (QED) is 0.209. The molecule has 2 aromatic rings. The molecule has 3 rings (SSSR count). The summed E-state index contributed by atoms with van der Waals surface area (Å²) >= 11 is 3.26. The van der Waals surface area contributed by atoms with Crippen molar-refractivity contribution in [1.82, 2.24) is 4.90 Å². The minimum Gasteiger partial charge on any atom is -0.508 e. The molecule has 0 fully saturated rings. The van der Waals surface area contributed by atoms with Gasteiger partial charge in [0.15, 0.2) is 0 Å². The van der Waals surface area contributed by atoms with E-state index in [0.29, 0.717) is 33.3 Å². The second-order valence-electron chi connectivity index (χ2n) is 7.97. The Hall–Kier alpha value is -3.93. The fourth-order valence-corrected chi connectivity index (χ4v) is 4.16. The van der Waals surface area contributed by atoms with Crippen molar-refractivity contribution < 1.29 is 48.0 Å². The fourth-order valence-electron chi connectivity index (χ4n) is 3.69. The smallest absolute Gasteiger partial charge is 0.338 e. The maximum absolute atomic E-state index is 12.4. The molecule has 1 atom stereocenters. The SMILES string of the molecule is COC(=O)CCC(C(=O)OC)N1Cc2cc(O)ccc2C1=O.COC(=O)c1ccc(OC(C)=O)cc1CBr. The Balaban J connectivity index is 0.000000281. The maximum Gasteiger partial charge on any atom is 0.338 e. The molecule has 1 N–H and O–H groups in total. The van der Waals surface area contributed by atoms with Gasteiger partial charge in [0.05, 0.1) is 26.9 Å². The molecular weight excluding hydrogens is 566 g/mol. The fraction of sp³-hybridized carbons (Fsp3) is 0.346. The van der Waals surface area contributed by atoms with Crippen molar-refractivity contribution in [2.45, 2.75) is 37.7 Å². The molecule has 0 bridgehead atoms. The molecule has 0 saturated carbocycles. The number of ether oxygens (including phenoxy) is 4. The zero-order valence-corrected chi connectivity index (χ0v) is 22.9. The third-order valence-corrected chi connectivity index (χ3v) is 6.11. The van der Waals surface area contributed by atoms with Crippen molar-refractivity contribution in [2.24, 2.45) is 0 Å². The number of phenols is 1. The zero-order valence-electron chi connectivity index (χ0n) is 21.3. The largest absolute Gasteiger partial charge is 0.508 e. The monoisotopic (exact) mass is 593 g/mol. The molecule has 0 saturated heterocycles. The number of benzene rings is 2. The van der Waals surface area contributed by atoms with Crippen LogP contribution in [0.5, 0.6) is 11.5 Å².